The SMILES string of the molecule is COCCOc1ccc(C(=O)N2CCCCCC2)cc1. The molecule has 1 heterocycles. The number of carbonyl (C=O) groups is 1. The molecule has 1 aromatic carbocycles. The lowest BCUT2D eigenvalue weighted by molar-refractivity contribution is 0.0761. The summed E-state index contributed by atoms with van der Waals surface area (Å²) in [5.41, 5.74) is 0.742. The second-order valence-corrected chi connectivity index (χ2v) is 5.07. The molecule has 110 valence electrons. The molecule has 0 N–H and O–H groups in total. The average Bonchev–Trinajstić information content (AvgIpc) is 2.77. The van der Waals surface area contributed by atoms with Crippen LogP contribution in [0.1, 0.15) is 36.0 Å². The molecule has 0 aromatic heterocycles. The van der Waals surface area contributed by atoms with E-state index in [1.807, 2.05) is 29.2 Å². The van der Waals surface area contributed by atoms with Gasteiger partial charge in [0, 0.05) is 25.8 Å². The molecule has 2 rings (SSSR count). The number of ether oxygens (including phenoxy) is 2. The Hall–Kier alpha value is -1.55. The van der Waals surface area contributed by atoms with Gasteiger partial charge in [-0.2, -0.15) is 0 Å². The minimum absolute atomic E-state index is 0.135. The van der Waals surface area contributed by atoms with Crippen molar-refractivity contribution in [2.75, 3.05) is 33.4 Å². The van der Waals surface area contributed by atoms with Crippen molar-refractivity contribution in [1.29, 1.82) is 0 Å². The lowest BCUT2D eigenvalue weighted by Crippen LogP contribution is -2.31. The molecule has 4 nitrogen and oxygen atoms in total. The normalized spacial score (nSPS) is 15.8. The Kier molecular flexibility index (Phi) is 5.87. The molecule has 0 aliphatic carbocycles. The molecule has 1 aliphatic heterocycles. The second kappa shape index (κ2) is 7.90. The van der Waals surface area contributed by atoms with Crippen LogP contribution in [0.3, 0.4) is 0 Å². The molecular formula is C16H23NO3. The third-order valence-corrected chi connectivity index (χ3v) is 3.55. The van der Waals surface area contributed by atoms with Gasteiger partial charge in [0.15, 0.2) is 0 Å². The zero-order valence-corrected chi connectivity index (χ0v) is 12.1. The molecule has 1 aromatic rings. The number of nitrogens with zero attached hydrogens (tertiary/aromatic N) is 1. The number of hydrogen-bond donors (Lipinski definition) is 0. The average molecular weight is 277 g/mol. The van der Waals surface area contributed by atoms with Gasteiger partial charge in [0.25, 0.3) is 5.91 Å². The van der Waals surface area contributed by atoms with Crippen molar-refractivity contribution in [3.05, 3.63) is 29.8 Å². The molecule has 0 bridgehead atoms. The van der Waals surface area contributed by atoms with Crippen LogP contribution < -0.4 is 4.74 Å². The van der Waals surface area contributed by atoms with Crippen LogP contribution >= 0.6 is 0 Å². The van der Waals surface area contributed by atoms with Gasteiger partial charge in [0.05, 0.1) is 6.61 Å². The molecule has 1 fully saturated rings. The Labute approximate surface area is 120 Å². The van der Waals surface area contributed by atoms with E-state index in [-0.39, 0.29) is 5.91 Å². The van der Waals surface area contributed by atoms with E-state index < -0.39 is 0 Å². The van der Waals surface area contributed by atoms with E-state index in [1.165, 1.54) is 12.8 Å². The summed E-state index contributed by atoms with van der Waals surface area (Å²) in [6, 6.07) is 7.38. The quantitative estimate of drug-likeness (QED) is 0.777. The highest BCUT2D eigenvalue weighted by Crippen LogP contribution is 2.16. The summed E-state index contributed by atoms with van der Waals surface area (Å²) in [5, 5.41) is 0. The zero-order chi connectivity index (χ0) is 14.2. The van der Waals surface area contributed by atoms with E-state index in [4.69, 9.17) is 9.47 Å². The maximum absolute atomic E-state index is 12.4. The van der Waals surface area contributed by atoms with Crippen LogP contribution in [-0.2, 0) is 4.74 Å². The molecule has 0 radical (unpaired) electrons. The number of methoxy groups -OCH3 is 1. The summed E-state index contributed by atoms with van der Waals surface area (Å²) in [6.07, 6.45) is 4.69. The standard InChI is InChI=1S/C16H23NO3/c1-19-12-13-20-15-8-6-14(7-9-15)16(18)17-10-4-2-3-5-11-17/h6-9H,2-5,10-13H2,1H3. The molecule has 1 saturated heterocycles. The monoisotopic (exact) mass is 277 g/mol. The van der Waals surface area contributed by atoms with Gasteiger partial charge in [-0.1, -0.05) is 12.8 Å². The summed E-state index contributed by atoms with van der Waals surface area (Å²) in [5.74, 6) is 0.907. The van der Waals surface area contributed by atoms with Crippen LogP contribution in [0, 0.1) is 0 Å². The van der Waals surface area contributed by atoms with Gasteiger partial charge in [0.2, 0.25) is 0 Å². The summed E-state index contributed by atoms with van der Waals surface area (Å²) in [4.78, 5) is 14.4. The fourth-order valence-electron chi connectivity index (χ4n) is 2.39. The molecular weight excluding hydrogens is 254 g/mol. The second-order valence-electron chi connectivity index (χ2n) is 5.07. The molecule has 0 saturated carbocycles. The Morgan fingerprint density at radius 1 is 1.05 bits per heavy atom. The first-order chi connectivity index (χ1) is 9.81. The number of hydrogen-bond acceptors (Lipinski definition) is 3. The lowest BCUT2D eigenvalue weighted by atomic mass is 10.2. The smallest absolute Gasteiger partial charge is 0.253 e. The van der Waals surface area contributed by atoms with Crippen molar-refractivity contribution in [3.8, 4) is 5.75 Å². The summed E-state index contributed by atoms with van der Waals surface area (Å²) in [6.45, 7) is 2.85. The van der Waals surface area contributed by atoms with Crippen molar-refractivity contribution in [2.24, 2.45) is 0 Å². The van der Waals surface area contributed by atoms with Gasteiger partial charge < -0.3 is 14.4 Å². The van der Waals surface area contributed by atoms with Gasteiger partial charge in [-0.15, -0.1) is 0 Å². The minimum atomic E-state index is 0.135. The lowest BCUT2D eigenvalue weighted by Gasteiger charge is -2.20. The summed E-state index contributed by atoms with van der Waals surface area (Å²) >= 11 is 0. The van der Waals surface area contributed by atoms with Crippen LogP contribution in [0.5, 0.6) is 5.75 Å². The summed E-state index contributed by atoms with van der Waals surface area (Å²) in [7, 11) is 1.65. The first-order valence-electron chi connectivity index (χ1n) is 7.32. The van der Waals surface area contributed by atoms with Crippen LogP contribution in [-0.4, -0.2) is 44.2 Å². The largest absolute Gasteiger partial charge is 0.491 e. The number of rotatable bonds is 5. The van der Waals surface area contributed by atoms with E-state index in [0.717, 1.165) is 37.2 Å². The molecule has 0 atom stereocenters. The van der Waals surface area contributed by atoms with Crippen LogP contribution in [0.2, 0.25) is 0 Å². The van der Waals surface area contributed by atoms with Gasteiger partial charge in [-0.05, 0) is 37.1 Å². The van der Waals surface area contributed by atoms with E-state index in [9.17, 15) is 4.79 Å². The number of benzene rings is 1. The van der Waals surface area contributed by atoms with Crippen molar-refractivity contribution in [1.82, 2.24) is 4.90 Å². The Bertz CT molecular complexity index is 408. The van der Waals surface area contributed by atoms with Crippen LogP contribution in [0.25, 0.3) is 0 Å². The predicted molar refractivity (Wildman–Crippen MR) is 78.2 cm³/mol. The Balaban J connectivity index is 1.92. The van der Waals surface area contributed by atoms with Gasteiger partial charge >= 0.3 is 0 Å². The molecule has 0 spiro atoms. The third kappa shape index (κ3) is 4.23. The number of likely N-dealkylation sites (tertiary alicyclic amines) is 1. The highest BCUT2D eigenvalue weighted by molar-refractivity contribution is 5.94. The first-order valence-corrected chi connectivity index (χ1v) is 7.32. The Morgan fingerprint density at radius 2 is 1.70 bits per heavy atom. The molecule has 4 heteroatoms. The van der Waals surface area contributed by atoms with Crippen molar-refractivity contribution in [3.63, 3.8) is 0 Å². The van der Waals surface area contributed by atoms with Crippen molar-refractivity contribution in [2.45, 2.75) is 25.7 Å². The zero-order valence-electron chi connectivity index (χ0n) is 12.1. The van der Waals surface area contributed by atoms with E-state index in [1.54, 1.807) is 7.11 Å². The first kappa shape index (κ1) is 14.9. The maximum atomic E-state index is 12.4. The topological polar surface area (TPSA) is 38.8 Å². The van der Waals surface area contributed by atoms with E-state index in [2.05, 4.69) is 0 Å². The molecule has 0 unspecified atom stereocenters. The predicted octanol–water partition coefficient (Wildman–Crippen LogP) is 2.73. The highest BCUT2D eigenvalue weighted by atomic mass is 16.5. The van der Waals surface area contributed by atoms with Gasteiger partial charge in [-0.25, -0.2) is 0 Å². The van der Waals surface area contributed by atoms with Crippen molar-refractivity contribution < 1.29 is 14.3 Å². The van der Waals surface area contributed by atoms with E-state index in [0.29, 0.717) is 13.2 Å². The number of amides is 1. The van der Waals surface area contributed by atoms with Crippen molar-refractivity contribution >= 4 is 5.91 Å². The molecule has 20 heavy (non-hydrogen) atoms. The fourth-order valence-corrected chi connectivity index (χ4v) is 2.39. The number of carbonyl (C=O) groups excluding carboxylic acids is 1. The Morgan fingerprint density at radius 3 is 2.30 bits per heavy atom. The molecule has 1 amide bonds. The summed E-state index contributed by atoms with van der Waals surface area (Å²) < 4.78 is 10.4. The molecule has 1 aliphatic rings. The fraction of sp³-hybridized carbons (Fsp3) is 0.562. The van der Waals surface area contributed by atoms with E-state index >= 15 is 0 Å². The minimum Gasteiger partial charge on any atom is -0.491 e. The van der Waals surface area contributed by atoms with Gasteiger partial charge in [0.1, 0.15) is 12.4 Å². The maximum Gasteiger partial charge on any atom is 0.253 e. The van der Waals surface area contributed by atoms with Crippen LogP contribution in [0.4, 0.5) is 0 Å². The third-order valence-electron chi connectivity index (χ3n) is 3.55. The highest BCUT2D eigenvalue weighted by Gasteiger charge is 2.16. The van der Waals surface area contributed by atoms with Gasteiger partial charge in [-0.3, -0.25) is 4.79 Å². The van der Waals surface area contributed by atoms with Crippen LogP contribution in [0.15, 0.2) is 24.3 Å².